The van der Waals surface area contributed by atoms with E-state index in [0.29, 0.717) is 66.5 Å². The van der Waals surface area contributed by atoms with Crippen LogP contribution in [0.25, 0.3) is 0 Å². The van der Waals surface area contributed by atoms with E-state index in [1.807, 2.05) is 19.1 Å². The molecule has 0 unspecified atom stereocenters. The van der Waals surface area contributed by atoms with Crippen LogP contribution in [0.5, 0.6) is 11.5 Å². The predicted octanol–water partition coefficient (Wildman–Crippen LogP) is 6.26. The van der Waals surface area contributed by atoms with Crippen molar-refractivity contribution in [2.24, 2.45) is 10.8 Å². The molecule has 1 aromatic rings. The van der Waals surface area contributed by atoms with Crippen molar-refractivity contribution in [2.75, 3.05) is 13.7 Å². The number of carbonyl (C=O) groups excluding carboxylic acids is 2. The van der Waals surface area contributed by atoms with Gasteiger partial charge in [0.15, 0.2) is 23.1 Å². The van der Waals surface area contributed by atoms with Gasteiger partial charge in [-0.05, 0) is 51.4 Å². The highest BCUT2D eigenvalue weighted by Crippen LogP contribution is 2.54. The van der Waals surface area contributed by atoms with Crippen LogP contribution in [0.2, 0.25) is 0 Å². The summed E-state index contributed by atoms with van der Waals surface area (Å²) in [5, 5.41) is 0. The molecule has 1 aromatic carbocycles. The van der Waals surface area contributed by atoms with Crippen LogP contribution in [0.4, 0.5) is 0 Å². The molecule has 0 N–H and O–H groups in total. The van der Waals surface area contributed by atoms with Crippen molar-refractivity contribution in [1.29, 1.82) is 0 Å². The molecule has 172 valence electrons. The van der Waals surface area contributed by atoms with Crippen molar-refractivity contribution in [3.8, 4) is 11.5 Å². The van der Waals surface area contributed by atoms with E-state index in [9.17, 15) is 9.59 Å². The molecule has 0 radical (unpaired) electrons. The number of ether oxygens (including phenoxy) is 3. The lowest BCUT2D eigenvalue weighted by Crippen LogP contribution is -2.37. The molecule has 1 heterocycles. The Hall–Kier alpha value is -2.08. The molecular formula is C26H31BrO5. The van der Waals surface area contributed by atoms with Gasteiger partial charge in [-0.3, -0.25) is 9.59 Å². The van der Waals surface area contributed by atoms with Crippen LogP contribution in [0.3, 0.4) is 0 Å². The summed E-state index contributed by atoms with van der Waals surface area (Å²) in [7, 11) is 1.59. The van der Waals surface area contributed by atoms with Gasteiger partial charge in [-0.2, -0.15) is 0 Å². The third-order valence-electron chi connectivity index (χ3n) is 6.46. The predicted molar refractivity (Wildman–Crippen MR) is 126 cm³/mol. The van der Waals surface area contributed by atoms with Crippen LogP contribution in [0.1, 0.15) is 71.8 Å². The van der Waals surface area contributed by atoms with Crippen molar-refractivity contribution in [3.05, 3.63) is 44.8 Å². The van der Waals surface area contributed by atoms with E-state index in [-0.39, 0.29) is 22.4 Å². The third-order valence-corrected chi connectivity index (χ3v) is 7.04. The van der Waals surface area contributed by atoms with Gasteiger partial charge in [-0.1, -0.05) is 27.7 Å². The molecule has 0 spiro atoms. The molecule has 0 amide bonds. The minimum absolute atomic E-state index is 0.0504. The number of ketones is 2. The normalized spacial score (nSPS) is 22.3. The highest BCUT2D eigenvalue weighted by atomic mass is 79.9. The molecule has 0 atom stereocenters. The Balaban J connectivity index is 1.94. The van der Waals surface area contributed by atoms with Crippen LogP contribution < -0.4 is 9.47 Å². The fourth-order valence-corrected chi connectivity index (χ4v) is 5.77. The van der Waals surface area contributed by atoms with Crippen molar-refractivity contribution < 1.29 is 23.8 Å². The summed E-state index contributed by atoms with van der Waals surface area (Å²) >= 11 is 3.61. The molecular weight excluding hydrogens is 472 g/mol. The second kappa shape index (κ2) is 8.05. The zero-order valence-electron chi connectivity index (χ0n) is 19.7. The molecule has 0 bridgehead atoms. The average molecular weight is 503 g/mol. The number of benzene rings is 1. The first-order valence-electron chi connectivity index (χ1n) is 11.2. The first-order valence-corrected chi connectivity index (χ1v) is 12.0. The van der Waals surface area contributed by atoms with E-state index in [4.69, 9.17) is 14.2 Å². The monoisotopic (exact) mass is 502 g/mol. The largest absolute Gasteiger partial charge is 0.493 e. The van der Waals surface area contributed by atoms with Crippen molar-refractivity contribution in [1.82, 2.24) is 0 Å². The summed E-state index contributed by atoms with van der Waals surface area (Å²) in [5.41, 5.74) is 1.72. The fourth-order valence-electron chi connectivity index (χ4n) is 5.20. The first kappa shape index (κ1) is 23.1. The standard InChI is InChI=1S/C26H31BrO5/c1-7-31-24-15(27)8-14(9-18(24)30-6)21-22-16(28)10-25(2,3)12-19(22)32-20-13-26(4,5)11-17(29)23(20)21/h8-9,21H,7,10-13H2,1-6H3. The van der Waals surface area contributed by atoms with Gasteiger partial charge in [-0.25, -0.2) is 0 Å². The lowest BCUT2D eigenvalue weighted by molar-refractivity contribution is -0.120. The molecule has 3 aliphatic rings. The number of rotatable bonds is 4. The van der Waals surface area contributed by atoms with E-state index in [1.54, 1.807) is 7.11 Å². The van der Waals surface area contributed by atoms with Crippen LogP contribution in [-0.2, 0) is 14.3 Å². The topological polar surface area (TPSA) is 61.8 Å². The summed E-state index contributed by atoms with van der Waals surface area (Å²) < 4.78 is 18.5. The molecule has 1 aliphatic heterocycles. The summed E-state index contributed by atoms with van der Waals surface area (Å²) in [6, 6.07) is 3.83. The summed E-state index contributed by atoms with van der Waals surface area (Å²) in [6.45, 7) is 10.8. The van der Waals surface area contributed by atoms with E-state index in [2.05, 4.69) is 43.6 Å². The van der Waals surface area contributed by atoms with Gasteiger partial charge >= 0.3 is 0 Å². The number of methoxy groups -OCH3 is 1. The number of halogens is 1. The summed E-state index contributed by atoms with van der Waals surface area (Å²) in [4.78, 5) is 26.8. The molecule has 5 nitrogen and oxygen atoms in total. The molecule has 0 aromatic heterocycles. The average Bonchev–Trinajstić information content (AvgIpc) is 2.65. The molecule has 6 heteroatoms. The minimum Gasteiger partial charge on any atom is -0.493 e. The Morgan fingerprint density at radius 1 is 0.969 bits per heavy atom. The van der Waals surface area contributed by atoms with Gasteiger partial charge in [0.05, 0.1) is 18.2 Å². The molecule has 0 saturated carbocycles. The fraction of sp³-hybridized carbons (Fsp3) is 0.538. The molecule has 0 fully saturated rings. The quantitative estimate of drug-likeness (QED) is 0.486. The first-order chi connectivity index (χ1) is 15.0. The smallest absolute Gasteiger partial charge is 0.175 e. The number of hydrogen-bond donors (Lipinski definition) is 0. The third kappa shape index (κ3) is 4.02. The molecule has 0 saturated heterocycles. The van der Waals surface area contributed by atoms with E-state index < -0.39 is 5.92 Å². The number of carbonyl (C=O) groups is 2. The summed E-state index contributed by atoms with van der Waals surface area (Å²) in [5.74, 6) is 2.25. The second-order valence-electron chi connectivity index (χ2n) is 10.6. The van der Waals surface area contributed by atoms with Gasteiger partial charge in [0.2, 0.25) is 0 Å². The van der Waals surface area contributed by atoms with Gasteiger partial charge in [-0.15, -0.1) is 0 Å². The van der Waals surface area contributed by atoms with E-state index in [0.717, 1.165) is 10.0 Å². The maximum atomic E-state index is 13.4. The molecule has 2 aliphatic carbocycles. The Kier molecular flexibility index (Phi) is 5.81. The van der Waals surface area contributed by atoms with E-state index in [1.165, 1.54) is 0 Å². The zero-order chi connectivity index (χ0) is 23.4. The van der Waals surface area contributed by atoms with Crippen LogP contribution in [0.15, 0.2) is 39.3 Å². The number of Topliss-reactive ketones (excluding diaryl/α,β-unsaturated/α-hetero) is 2. The Morgan fingerprint density at radius 3 is 1.97 bits per heavy atom. The van der Waals surface area contributed by atoms with Crippen molar-refractivity contribution >= 4 is 27.5 Å². The van der Waals surface area contributed by atoms with Gasteiger partial charge in [0.25, 0.3) is 0 Å². The Labute approximate surface area is 198 Å². The number of hydrogen-bond acceptors (Lipinski definition) is 5. The van der Waals surface area contributed by atoms with Gasteiger partial charge < -0.3 is 14.2 Å². The highest BCUT2D eigenvalue weighted by molar-refractivity contribution is 9.10. The minimum atomic E-state index is -0.457. The SMILES string of the molecule is CCOc1c(Br)cc(C2C3=C(CC(C)(C)CC3=O)OC3=C2C(=O)CC(C)(C)C3)cc1OC. The maximum Gasteiger partial charge on any atom is 0.175 e. The second-order valence-corrected chi connectivity index (χ2v) is 11.4. The lowest BCUT2D eigenvalue weighted by atomic mass is 9.65. The van der Waals surface area contributed by atoms with Crippen LogP contribution in [-0.4, -0.2) is 25.3 Å². The van der Waals surface area contributed by atoms with Crippen molar-refractivity contribution in [3.63, 3.8) is 0 Å². The maximum absolute atomic E-state index is 13.4. The van der Waals surface area contributed by atoms with Crippen LogP contribution in [0, 0.1) is 10.8 Å². The van der Waals surface area contributed by atoms with Crippen LogP contribution >= 0.6 is 15.9 Å². The molecule has 32 heavy (non-hydrogen) atoms. The highest BCUT2D eigenvalue weighted by Gasteiger charge is 2.48. The van der Waals surface area contributed by atoms with E-state index >= 15 is 0 Å². The van der Waals surface area contributed by atoms with Gasteiger partial charge in [0.1, 0.15) is 11.5 Å². The number of allylic oxidation sites excluding steroid dienone is 4. The Bertz CT molecular complexity index is 1010. The zero-order valence-corrected chi connectivity index (χ0v) is 21.3. The lowest BCUT2D eigenvalue weighted by Gasteiger charge is -2.42. The van der Waals surface area contributed by atoms with Gasteiger partial charge in [0, 0.05) is 42.7 Å². The van der Waals surface area contributed by atoms with Crippen molar-refractivity contribution in [2.45, 2.75) is 66.2 Å². The molecule has 4 rings (SSSR count). The summed E-state index contributed by atoms with van der Waals surface area (Å²) in [6.07, 6.45) is 2.21. The Morgan fingerprint density at radius 2 is 1.50 bits per heavy atom.